The van der Waals surface area contributed by atoms with Crippen molar-refractivity contribution in [1.29, 1.82) is 0 Å². The number of rotatable bonds is 2. The van der Waals surface area contributed by atoms with Gasteiger partial charge in [0.15, 0.2) is 0 Å². The SMILES string of the molecule is CC(C)c1cc(Br)c(C(C)C)cc1O. The van der Waals surface area contributed by atoms with Gasteiger partial charge in [-0.25, -0.2) is 0 Å². The maximum Gasteiger partial charge on any atom is 0.119 e. The van der Waals surface area contributed by atoms with Crippen molar-refractivity contribution >= 4 is 15.9 Å². The highest BCUT2D eigenvalue weighted by Crippen LogP contribution is 2.34. The molecule has 1 rings (SSSR count). The average molecular weight is 257 g/mol. The number of phenolic OH excluding ortho intramolecular Hbond substituents is 1. The molecule has 1 nitrogen and oxygen atoms in total. The molecule has 78 valence electrons. The molecule has 0 saturated carbocycles. The van der Waals surface area contributed by atoms with Gasteiger partial charge in [0.25, 0.3) is 0 Å². The Morgan fingerprint density at radius 1 is 1.00 bits per heavy atom. The van der Waals surface area contributed by atoms with Crippen LogP contribution < -0.4 is 0 Å². The maximum absolute atomic E-state index is 9.81. The third kappa shape index (κ3) is 2.30. The van der Waals surface area contributed by atoms with Gasteiger partial charge in [0.1, 0.15) is 5.75 Å². The van der Waals surface area contributed by atoms with E-state index < -0.39 is 0 Å². The van der Waals surface area contributed by atoms with Crippen molar-refractivity contribution in [2.24, 2.45) is 0 Å². The van der Waals surface area contributed by atoms with Gasteiger partial charge < -0.3 is 5.11 Å². The van der Waals surface area contributed by atoms with E-state index in [1.165, 1.54) is 0 Å². The monoisotopic (exact) mass is 256 g/mol. The smallest absolute Gasteiger partial charge is 0.119 e. The quantitative estimate of drug-likeness (QED) is 0.832. The molecule has 2 heteroatoms. The molecule has 0 aliphatic heterocycles. The van der Waals surface area contributed by atoms with Crippen LogP contribution in [-0.2, 0) is 0 Å². The molecule has 0 fully saturated rings. The lowest BCUT2D eigenvalue weighted by Gasteiger charge is -2.14. The minimum atomic E-state index is 0.354. The zero-order valence-corrected chi connectivity index (χ0v) is 10.7. The van der Waals surface area contributed by atoms with E-state index in [0.717, 1.165) is 15.6 Å². The molecule has 0 atom stereocenters. The minimum absolute atomic E-state index is 0.354. The van der Waals surface area contributed by atoms with Crippen molar-refractivity contribution in [3.63, 3.8) is 0 Å². The Kier molecular flexibility index (Phi) is 3.59. The molecule has 0 spiro atoms. The fraction of sp³-hybridized carbons (Fsp3) is 0.500. The van der Waals surface area contributed by atoms with Crippen LogP contribution in [0.15, 0.2) is 16.6 Å². The normalized spacial score (nSPS) is 11.4. The zero-order chi connectivity index (χ0) is 10.9. The summed E-state index contributed by atoms with van der Waals surface area (Å²) in [5.41, 5.74) is 2.16. The summed E-state index contributed by atoms with van der Waals surface area (Å²) in [6.45, 7) is 8.40. The highest BCUT2D eigenvalue weighted by Gasteiger charge is 2.12. The fourth-order valence-corrected chi connectivity index (χ4v) is 2.32. The van der Waals surface area contributed by atoms with Crippen LogP contribution in [-0.4, -0.2) is 5.11 Å². The van der Waals surface area contributed by atoms with Crippen LogP contribution in [0.25, 0.3) is 0 Å². The first-order valence-electron chi connectivity index (χ1n) is 4.95. The molecule has 1 aromatic rings. The number of phenols is 1. The number of hydrogen-bond donors (Lipinski definition) is 1. The van der Waals surface area contributed by atoms with E-state index in [9.17, 15) is 5.11 Å². The molecule has 1 aromatic carbocycles. The van der Waals surface area contributed by atoms with Gasteiger partial charge in [0, 0.05) is 4.47 Å². The fourth-order valence-electron chi connectivity index (χ4n) is 1.50. The number of halogens is 1. The Balaban J connectivity index is 3.24. The molecule has 0 aromatic heterocycles. The molecule has 0 saturated heterocycles. The maximum atomic E-state index is 9.81. The first kappa shape index (κ1) is 11.6. The number of aromatic hydroxyl groups is 1. The van der Waals surface area contributed by atoms with Gasteiger partial charge in [-0.15, -0.1) is 0 Å². The van der Waals surface area contributed by atoms with Gasteiger partial charge in [0.05, 0.1) is 0 Å². The van der Waals surface area contributed by atoms with Gasteiger partial charge in [-0.05, 0) is 35.1 Å². The summed E-state index contributed by atoms with van der Waals surface area (Å²) in [6, 6.07) is 3.89. The first-order valence-corrected chi connectivity index (χ1v) is 5.75. The second-order valence-electron chi connectivity index (χ2n) is 4.24. The van der Waals surface area contributed by atoms with Crippen LogP contribution in [0.5, 0.6) is 5.75 Å². The standard InChI is InChI=1S/C12H17BrO/c1-7(2)9-6-12(14)10(8(3)4)5-11(9)13/h5-8,14H,1-4H3. The number of hydrogen-bond acceptors (Lipinski definition) is 1. The van der Waals surface area contributed by atoms with E-state index in [0.29, 0.717) is 17.6 Å². The van der Waals surface area contributed by atoms with Gasteiger partial charge in [-0.2, -0.15) is 0 Å². The summed E-state index contributed by atoms with van der Waals surface area (Å²) in [4.78, 5) is 0. The van der Waals surface area contributed by atoms with E-state index in [2.05, 4.69) is 43.6 Å². The molecule has 0 bridgehead atoms. The van der Waals surface area contributed by atoms with Crippen molar-refractivity contribution in [2.75, 3.05) is 0 Å². The molecule has 14 heavy (non-hydrogen) atoms. The van der Waals surface area contributed by atoms with Crippen LogP contribution in [0.4, 0.5) is 0 Å². The molecule has 0 aliphatic rings. The largest absolute Gasteiger partial charge is 0.508 e. The predicted octanol–water partition coefficient (Wildman–Crippen LogP) is 4.40. The van der Waals surface area contributed by atoms with E-state index in [-0.39, 0.29) is 0 Å². The lowest BCUT2D eigenvalue weighted by Crippen LogP contribution is -1.94. The zero-order valence-electron chi connectivity index (χ0n) is 9.13. The second-order valence-corrected chi connectivity index (χ2v) is 5.10. The van der Waals surface area contributed by atoms with Gasteiger partial charge in [-0.1, -0.05) is 43.6 Å². The Morgan fingerprint density at radius 2 is 1.50 bits per heavy atom. The first-order chi connectivity index (χ1) is 6.43. The number of benzene rings is 1. The lowest BCUT2D eigenvalue weighted by molar-refractivity contribution is 0.463. The second kappa shape index (κ2) is 4.35. The summed E-state index contributed by atoms with van der Waals surface area (Å²) in [7, 11) is 0. The molecule has 0 heterocycles. The highest BCUT2D eigenvalue weighted by atomic mass is 79.9. The summed E-state index contributed by atoms with van der Waals surface area (Å²) >= 11 is 3.54. The minimum Gasteiger partial charge on any atom is -0.508 e. The predicted molar refractivity (Wildman–Crippen MR) is 64.0 cm³/mol. The van der Waals surface area contributed by atoms with Crippen LogP contribution in [0.3, 0.4) is 0 Å². The molecular weight excluding hydrogens is 240 g/mol. The Labute approximate surface area is 94.3 Å². The summed E-state index contributed by atoms with van der Waals surface area (Å²) in [5, 5.41) is 9.81. The van der Waals surface area contributed by atoms with Gasteiger partial charge in [0.2, 0.25) is 0 Å². The van der Waals surface area contributed by atoms with Crippen molar-refractivity contribution in [3.05, 3.63) is 27.7 Å². The van der Waals surface area contributed by atoms with Crippen LogP contribution in [0.1, 0.15) is 50.7 Å². The molecule has 0 aliphatic carbocycles. The topological polar surface area (TPSA) is 20.2 Å². The third-order valence-electron chi connectivity index (χ3n) is 2.39. The molecule has 0 unspecified atom stereocenters. The lowest BCUT2D eigenvalue weighted by atomic mass is 9.96. The molecule has 1 N–H and O–H groups in total. The Bertz CT molecular complexity index is 296. The molecule has 0 amide bonds. The van der Waals surface area contributed by atoms with E-state index in [4.69, 9.17) is 0 Å². The van der Waals surface area contributed by atoms with Crippen molar-refractivity contribution in [1.82, 2.24) is 0 Å². The average Bonchev–Trinajstić information content (AvgIpc) is 2.07. The van der Waals surface area contributed by atoms with Crippen LogP contribution in [0, 0.1) is 0 Å². The van der Waals surface area contributed by atoms with Crippen molar-refractivity contribution in [2.45, 2.75) is 39.5 Å². The van der Waals surface area contributed by atoms with Crippen molar-refractivity contribution < 1.29 is 5.11 Å². The van der Waals surface area contributed by atoms with Gasteiger partial charge in [-0.3, -0.25) is 0 Å². The molecular formula is C12H17BrO. The van der Waals surface area contributed by atoms with Crippen LogP contribution >= 0.6 is 15.9 Å². The molecule has 0 radical (unpaired) electrons. The Morgan fingerprint density at radius 3 is 1.93 bits per heavy atom. The van der Waals surface area contributed by atoms with Crippen LogP contribution in [0.2, 0.25) is 0 Å². The summed E-state index contributed by atoms with van der Waals surface area (Å²) in [6.07, 6.45) is 0. The highest BCUT2D eigenvalue weighted by molar-refractivity contribution is 9.10. The van der Waals surface area contributed by atoms with E-state index in [1.54, 1.807) is 0 Å². The summed E-state index contributed by atoms with van der Waals surface area (Å²) < 4.78 is 1.09. The van der Waals surface area contributed by atoms with Gasteiger partial charge >= 0.3 is 0 Å². The third-order valence-corrected chi connectivity index (χ3v) is 3.08. The van der Waals surface area contributed by atoms with E-state index >= 15 is 0 Å². The van der Waals surface area contributed by atoms with E-state index in [1.807, 2.05) is 12.1 Å². The summed E-state index contributed by atoms with van der Waals surface area (Å²) in [5.74, 6) is 1.19. The Hall–Kier alpha value is -0.500. The van der Waals surface area contributed by atoms with Crippen molar-refractivity contribution in [3.8, 4) is 5.75 Å².